The summed E-state index contributed by atoms with van der Waals surface area (Å²) in [7, 11) is 0. The third kappa shape index (κ3) is 27.3. The van der Waals surface area contributed by atoms with Gasteiger partial charge < -0.3 is 65.1 Å². The van der Waals surface area contributed by atoms with E-state index < -0.39 is 86.8 Å². The zero-order valence-corrected chi connectivity index (χ0v) is 41.9. The molecule has 2 fully saturated rings. The third-order valence-corrected chi connectivity index (χ3v) is 11.6. The van der Waals surface area contributed by atoms with Crippen molar-refractivity contribution in [3.8, 4) is 0 Å². The maximum Gasteiger partial charge on any atom is 0.220 e. The fourth-order valence-corrected chi connectivity index (χ4v) is 7.44. The van der Waals surface area contributed by atoms with E-state index in [9.17, 15) is 45.6 Å². The normalized spacial score (nSPS) is 27.0. The molecule has 0 aromatic rings. The van der Waals surface area contributed by atoms with Crippen LogP contribution in [0.1, 0.15) is 129 Å². The van der Waals surface area contributed by atoms with Crippen LogP contribution in [0.2, 0.25) is 0 Å². The lowest BCUT2D eigenvalue weighted by atomic mass is 9.97. The van der Waals surface area contributed by atoms with Crippen molar-refractivity contribution in [2.45, 2.75) is 203 Å². The zero-order chi connectivity index (χ0) is 51.0. The SMILES string of the molecule is CC/C=C\C/C=C\C/C=C\C/C=C\C/C=C\C/C=C\C/C=C\C/C=C\CCCCCCC(=O)NC(COC1OC(CO)C(OC2OC(CO)C(O)C(O)C2O)C(O)C1O)C(O)/C=C/CC/C=C/CCC. The van der Waals surface area contributed by atoms with E-state index in [0.717, 1.165) is 96.3 Å². The molecular weight excluding hydrogens is 895 g/mol. The smallest absolute Gasteiger partial charge is 0.220 e. The van der Waals surface area contributed by atoms with Crippen LogP contribution in [0.15, 0.2) is 122 Å². The second-order valence-electron chi connectivity index (χ2n) is 17.6. The Kier molecular flexibility index (Phi) is 36.5. The Labute approximate surface area is 418 Å². The second kappa shape index (κ2) is 40.9. The monoisotopic (exact) mass is 984 g/mol. The topological polar surface area (TPSA) is 228 Å². The highest BCUT2D eigenvalue weighted by Gasteiger charge is 2.51. The summed E-state index contributed by atoms with van der Waals surface area (Å²) in [5.41, 5.74) is 0. The summed E-state index contributed by atoms with van der Waals surface area (Å²) in [5, 5.41) is 86.3. The molecular formula is C56H89NO13. The Morgan fingerprint density at radius 2 is 1.00 bits per heavy atom. The van der Waals surface area contributed by atoms with Crippen molar-refractivity contribution < 1.29 is 64.6 Å². The first-order valence-electron chi connectivity index (χ1n) is 25.8. The Morgan fingerprint density at radius 3 is 1.54 bits per heavy atom. The molecule has 2 aliphatic heterocycles. The average Bonchev–Trinajstić information content (AvgIpc) is 3.36. The van der Waals surface area contributed by atoms with Crippen LogP contribution in [0.3, 0.4) is 0 Å². The molecule has 0 aliphatic carbocycles. The van der Waals surface area contributed by atoms with E-state index in [0.29, 0.717) is 12.8 Å². The maximum absolute atomic E-state index is 13.1. The van der Waals surface area contributed by atoms with Crippen LogP contribution in [-0.2, 0) is 23.7 Å². The summed E-state index contributed by atoms with van der Waals surface area (Å²) in [6, 6.07) is -0.951. The van der Waals surface area contributed by atoms with Crippen LogP contribution in [0, 0.1) is 0 Å². The fourth-order valence-electron chi connectivity index (χ4n) is 7.44. The van der Waals surface area contributed by atoms with Gasteiger partial charge in [0.05, 0.1) is 32.0 Å². The van der Waals surface area contributed by atoms with Crippen molar-refractivity contribution in [3.63, 3.8) is 0 Å². The number of hydrogen-bond donors (Lipinski definition) is 9. The van der Waals surface area contributed by atoms with E-state index in [4.69, 9.17) is 18.9 Å². The lowest BCUT2D eigenvalue weighted by Crippen LogP contribution is -2.65. The van der Waals surface area contributed by atoms with Gasteiger partial charge in [0.15, 0.2) is 12.6 Å². The zero-order valence-electron chi connectivity index (χ0n) is 41.9. The average molecular weight is 984 g/mol. The number of allylic oxidation sites excluding steroid dienone is 19. The van der Waals surface area contributed by atoms with Crippen molar-refractivity contribution in [1.82, 2.24) is 5.32 Å². The molecule has 70 heavy (non-hydrogen) atoms. The van der Waals surface area contributed by atoms with Gasteiger partial charge in [-0.1, -0.05) is 155 Å². The molecule has 396 valence electrons. The predicted octanol–water partition coefficient (Wildman–Crippen LogP) is 7.10. The molecule has 2 rings (SSSR count). The number of aliphatic hydroxyl groups is 8. The number of hydrogen-bond acceptors (Lipinski definition) is 13. The molecule has 14 nitrogen and oxygen atoms in total. The van der Waals surface area contributed by atoms with Crippen LogP contribution in [0.25, 0.3) is 0 Å². The first-order valence-corrected chi connectivity index (χ1v) is 25.8. The number of carbonyl (C=O) groups is 1. The lowest BCUT2D eigenvalue weighted by molar-refractivity contribution is -0.359. The van der Waals surface area contributed by atoms with Crippen LogP contribution in [-0.4, -0.2) is 140 Å². The summed E-state index contributed by atoms with van der Waals surface area (Å²) in [4.78, 5) is 13.1. The van der Waals surface area contributed by atoms with Crippen LogP contribution >= 0.6 is 0 Å². The van der Waals surface area contributed by atoms with Crippen molar-refractivity contribution in [2.75, 3.05) is 19.8 Å². The summed E-state index contributed by atoms with van der Waals surface area (Å²) >= 11 is 0. The number of nitrogens with one attached hydrogen (secondary N) is 1. The molecule has 12 unspecified atom stereocenters. The van der Waals surface area contributed by atoms with Gasteiger partial charge in [0.25, 0.3) is 0 Å². The van der Waals surface area contributed by atoms with Gasteiger partial charge in [-0.25, -0.2) is 0 Å². The highest BCUT2D eigenvalue weighted by Crippen LogP contribution is 2.30. The number of aliphatic hydroxyl groups excluding tert-OH is 8. The number of amides is 1. The van der Waals surface area contributed by atoms with E-state index in [1.165, 1.54) is 0 Å². The summed E-state index contributed by atoms with van der Waals surface area (Å²) in [5.74, 6) is -0.286. The quantitative estimate of drug-likeness (QED) is 0.0224. The minimum atomic E-state index is -1.80. The minimum absolute atomic E-state index is 0.234. The number of unbranched alkanes of at least 4 members (excludes halogenated alkanes) is 6. The highest BCUT2D eigenvalue weighted by molar-refractivity contribution is 5.76. The molecule has 14 heteroatoms. The largest absolute Gasteiger partial charge is 0.394 e. The van der Waals surface area contributed by atoms with Crippen molar-refractivity contribution in [2.24, 2.45) is 0 Å². The molecule has 0 spiro atoms. The molecule has 2 heterocycles. The highest BCUT2D eigenvalue weighted by atomic mass is 16.7. The standard InChI is InChI=1S/C56H89NO13/c1-3-5-7-9-11-12-13-14-15-16-17-18-19-20-21-22-23-24-25-26-27-28-29-30-31-32-34-36-38-40-48(61)57-44(45(60)39-37-35-33-10-8-6-4-2)43-67-55-53(66)51(64)54(47(42-59)69-55)70-56-52(65)50(63)49(62)46(41-58)68-56/h5,7-8,10-12,14-15,17-18,20-21,23-24,26-27,29-30,37,39,44-47,49-56,58-60,62-66H,3-4,6,9,13,16,19,22,25,28,31-36,38,40-43H2,1-2H3,(H,57,61)/b7-5-,10-8+,12-11-,15-14-,18-17-,21-20-,24-23-,27-26-,30-29-,39-37+. The lowest BCUT2D eigenvalue weighted by Gasteiger charge is -2.46. The molecule has 2 aliphatic rings. The van der Waals surface area contributed by atoms with E-state index in [1.54, 1.807) is 6.08 Å². The van der Waals surface area contributed by atoms with Gasteiger partial charge in [-0.05, 0) is 89.9 Å². The van der Waals surface area contributed by atoms with Crippen molar-refractivity contribution >= 4 is 5.91 Å². The van der Waals surface area contributed by atoms with Crippen molar-refractivity contribution in [1.29, 1.82) is 0 Å². The molecule has 12 atom stereocenters. The van der Waals surface area contributed by atoms with Crippen LogP contribution in [0.5, 0.6) is 0 Å². The molecule has 0 aromatic heterocycles. The first-order chi connectivity index (χ1) is 34.1. The second-order valence-corrected chi connectivity index (χ2v) is 17.6. The van der Waals surface area contributed by atoms with Gasteiger partial charge >= 0.3 is 0 Å². The summed E-state index contributed by atoms with van der Waals surface area (Å²) in [6.45, 7) is 2.47. The Balaban J connectivity index is 1.72. The van der Waals surface area contributed by atoms with E-state index in [1.807, 2.05) is 6.08 Å². The predicted molar refractivity (Wildman–Crippen MR) is 276 cm³/mol. The Hall–Kier alpha value is -3.61. The summed E-state index contributed by atoms with van der Waals surface area (Å²) < 4.78 is 22.6. The Bertz CT molecular complexity index is 1630. The molecule has 9 N–H and O–H groups in total. The number of carbonyl (C=O) groups excluding carboxylic acids is 1. The maximum atomic E-state index is 13.1. The van der Waals surface area contributed by atoms with E-state index in [-0.39, 0.29) is 18.9 Å². The Morgan fingerprint density at radius 1 is 0.529 bits per heavy atom. The van der Waals surface area contributed by atoms with Crippen LogP contribution < -0.4 is 5.32 Å². The van der Waals surface area contributed by atoms with Gasteiger partial charge in [0.2, 0.25) is 5.91 Å². The number of rotatable bonds is 37. The van der Waals surface area contributed by atoms with Crippen LogP contribution in [0.4, 0.5) is 0 Å². The molecule has 0 saturated carbocycles. The van der Waals surface area contributed by atoms with E-state index >= 15 is 0 Å². The van der Waals surface area contributed by atoms with Crippen molar-refractivity contribution in [3.05, 3.63) is 122 Å². The molecule has 0 bridgehead atoms. The van der Waals surface area contributed by atoms with Gasteiger partial charge in [0, 0.05) is 6.42 Å². The summed E-state index contributed by atoms with van der Waals surface area (Å²) in [6.07, 6.45) is 41.4. The van der Waals surface area contributed by atoms with Gasteiger partial charge in [0.1, 0.15) is 48.8 Å². The van der Waals surface area contributed by atoms with Gasteiger partial charge in [-0.15, -0.1) is 0 Å². The number of ether oxygens (including phenoxy) is 4. The minimum Gasteiger partial charge on any atom is -0.394 e. The molecule has 1 amide bonds. The van der Waals surface area contributed by atoms with Gasteiger partial charge in [-0.2, -0.15) is 0 Å². The fraction of sp³-hybridized carbons (Fsp3) is 0.625. The molecule has 2 saturated heterocycles. The third-order valence-electron chi connectivity index (χ3n) is 11.6. The van der Waals surface area contributed by atoms with E-state index in [2.05, 4.69) is 129 Å². The van der Waals surface area contributed by atoms with Gasteiger partial charge in [-0.3, -0.25) is 4.79 Å². The molecule has 0 radical (unpaired) electrons. The molecule has 0 aromatic carbocycles. The first kappa shape index (κ1) is 62.5.